The van der Waals surface area contributed by atoms with Crippen LogP contribution in [0.5, 0.6) is 0 Å². The zero-order valence-electron chi connectivity index (χ0n) is 17.8. The highest BCUT2D eigenvalue weighted by Gasteiger charge is 2.66. The van der Waals surface area contributed by atoms with Crippen molar-refractivity contribution in [3.8, 4) is 0 Å². The van der Waals surface area contributed by atoms with Crippen molar-refractivity contribution in [1.82, 2.24) is 9.88 Å². The molecular formula is C22H34N2O4. The topological polar surface area (TPSA) is 80.6 Å². The molecule has 0 radical (unpaired) electrons. The SMILES string of the molecule is CCOC1CC(NC(=O)c2cc(C)n(C3CCCCC3)c2C)(C(=O)O)C1(C)C. The first-order chi connectivity index (χ1) is 13.2. The van der Waals surface area contributed by atoms with E-state index in [0.717, 1.165) is 24.2 Å². The minimum Gasteiger partial charge on any atom is -0.479 e. The van der Waals surface area contributed by atoms with E-state index < -0.39 is 16.9 Å². The van der Waals surface area contributed by atoms with Crippen molar-refractivity contribution in [2.75, 3.05) is 6.61 Å². The molecule has 1 aromatic rings. The summed E-state index contributed by atoms with van der Waals surface area (Å²) in [6.07, 6.45) is 6.11. The fourth-order valence-electron chi connectivity index (χ4n) is 5.21. The Morgan fingerprint density at radius 3 is 2.43 bits per heavy atom. The Balaban J connectivity index is 1.85. The Bertz CT molecular complexity index is 761. The molecule has 0 saturated heterocycles. The van der Waals surface area contributed by atoms with E-state index in [-0.39, 0.29) is 18.4 Å². The average Bonchev–Trinajstić information content (AvgIpc) is 2.95. The smallest absolute Gasteiger partial charge is 0.330 e. The number of aromatic nitrogens is 1. The zero-order valence-corrected chi connectivity index (χ0v) is 17.8. The highest BCUT2D eigenvalue weighted by Crippen LogP contribution is 2.51. The molecule has 2 fully saturated rings. The van der Waals surface area contributed by atoms with Gasteiger partial charge in [-0.1, -0.05) is 33.1 Å². The lowest BCUT2D eigenvalue weighted by molar-refractivity contribution is -0.190. The summed E-state index contributed by atoms with van der Waals surface area (Å²) < 4.78 is 7.97. The molecule has 0 spiro atoms. The van der Waals surface area contributed by atoms with E-state index in [1.807, 2.05) is 40.7 Å². The van der Waals surface area contributed by atoms with Gasteiger partial charge in [-0.3, -0.25) is 4.79 Å². The third-order valence-electron chi connectivity index (χ3n) is 7.13. The van der Waals surface area contributed by atoms with Crippen LogP contribution in [0.25, 0.3) is 0 Å². The largest absolute Gasteiger partial charge is 0.479 e. The Morgan fingerprint density at radius 1 is 1.25 bits per heavy atom. The summed E-state index contributed by atoms with van der Waals surface area (Å²) in [5.74, 6) is -1.30. The van der Waals surface area contributed by atoms with Crippen molar-refractivity contribution in [3.63, 3.8) is 0 Å². The Hall–Kier alpha value is -1.82. The van der Waals surface area contributed by atoms with E-state index in [9.17, 15) is 14.7 Å². The van der Waals surface area contributed by atoms with Crippen LogP contribution >= 0.6 is 0 Å². The molecule has 3 rings (SSSR count). The fraction of sp³-hybridized carbons (Fsp3) is 0.727. The van der Waals surface area contributed by atoms with Crippen LogP contribution < -0.4 is 5.32 Å². The summed E-state index contributed by atoms with van der Waals surface area (Å²) in [4.78, 5) is 25.3. The lowest BCUT2D eigenvalue weighted by Crippen LogP contribution is -2.76. The molecule has 6 heteroatoms. The molecule has 2 aliphatic carbocycles. The van der Waals surface area contributed by atoms with E-state index in [2.05, 4.69) is 9.88 Å². The number of carbonyl (C=O) groups excluding carboxylic acids is 1. The van der Waals surface area contributed by atoms with Crippen molar-refractivity contribution >= 4 is 11.9 Å². The van der Waals surface area contributed by atoms with Gasteiger partial charge >= 0.3 is 5.97 Å². The second kappa shape index (κ2) is 7.54. The summed E-state index contributed by atoms with van der Waals surface area (Å²) in [5.41, 5.74) is 0.593. The van der Waals surface area contributed by atoms with Crippen molar-refractivity contribution in [2.24, 2.45) is 5.41 Å². The number of amides is 1. The summed E-state index contributed by atoms with van der Waals surface area (Å²) in [6, 6.07) is 2.34. The van der Waals surface area contributed by atoms with Crippen LogP contribution in [0.4, 0.5) is 0 Å². The normalized spacial score (nSPS) is 27.2. The zero-order chi connectivity index (χ0) is 20.7. The molecular weight excluding hydrogens is 356 g/mol. The van der Waals surface area contributed by atoms with E-state index in [1.165, 1.54) is 19.3 Å². The Kier molecular flexibility index (Phi) is 5.63. The van der Waals surface area contributed by atoms with Gasteiger partial charge in [-0.25, -0.2) is 4.79 Å². The number of ether oxygens (including phenoxy) is 1. The molecule has 156 valence electrons. The van der Waals surface area contributed by atoms with Gasteiger partial charge in [0.15, 0.2) is 0 Å². The van der Waals surface area contributed by atoms with Crippen molar-refractivity contribution in [1.29, 1.82) is 0 Å². The minimum absolute atomic E-state index is 0.177. The van der Waals surface area contributed by atoms with Gasteiger partial charge in [0, 0.05) is 35.9 Å². The maximum Gasteiger partial charge on any atom is 0.330 e. The van der Waals surface area contributed by atoms with Gasteiger partial charge in [-0.15, -0.1) is 0 Å². The van der Waals surface area contributed by atoms with Crippen molar-refractivity contribution in [2.45, 2.75) is 90.8 Å². The fourth-order valence-corrected chi connectivity index (χ4v) is 5.21. The summed E-state index contributed by atoms with van der Waals surface area (Å²) in [5, 5.41) is 12.8. The van der Waals surface area contributed by atoms with Crippen LogP contribution in [0, 0.1) is 19.3 Å². The van der Waals surface area contributed by atoms with Crippen LogP contribution in [-0.4, -0.2) is 39.8 Å². The van der Waals surface area contributed by atoms with E-state index in [4.69, 9.17) is 4.74 Å². The van der Waals surface area contributed by atoms with Gasteiger partial charge in [0.1, 0.15) is 5.54 Å². The molecule has 2 atom stereocenters. The maximum absolute atomic E-state index is 13.2. The van der Waals surface area contributed by atoms with E-state index in [1.54, 1.807) is 0 Å². The first-order valence-corrected chi connectivity index (χ1v) is 10.5. The molecule has 2 N–H and O–H groups in total. The number of hydrogen-bond donors (Lipinski definition) is 2. The van der Waals surface area contributed by atoms with Gasteiger partial charge in [0.2, 0.25) is 0 Å². The maximum atomic E-state index is 13.2. The van der Waals surface area contributed by atoms with Gasteiger partial charge in [-0.2, -0.15) is 0 Å². The predicted octanol–water partition coefficient (Wildman–Crippen LogP) is 4.00. The first kappa shape index (κ1) is 20.9. The second-order valence-corrected chi connectivity index (χ2v) is 8.98. The number of carboxylic acids is 1. The minimum atomic E-state index is -1.31. The quantitative estimate of drug-likeness (QED) is 0.769. The standard InChI is InChI=1S/C22H34N2O4/c1-6-28-18-13-22(20(26)27,21(18,4)5)23-19(25)17-12-14(2)24(15(17)3)16-10-8-7-9-11-16/h12,16,18H,6-11,13H2,1-5H3,(H,23,25)(H,26,27). The van der Waals surface area contributed by atoms with Crippen molar-refractivity contribution < 1.29 is 19.4 Å². The summed E-state index contributed by atoms with van der Waals surface area (Å²) in [6.45, 7) is 10.1. The first-order valence-electron chi connectivity index (χ1n) is 10.5. The van der Waals surface area contributed by atoms with Gasteiger partial charge < -0.3 is 19.7 Å². The number of carboxylic acid groups (broad SMARTS) is 1. The van der Waals surface area contributed by atoms with Crippen LogP contribution in [-0.2, 0) is 9.53 Å². The Morgan fingerprint density at radius 2 is 1.89 bits per heavy atom. The highest BCUT2D eigenvalue weighted by atomic mass is 16.5. The molecule has 1 aromatic heterocycles. The average molecular weight is 391 g/mol. The van der Waals surface area contributed by atoms with Crippen LogP contribution in [0.1, 0.15) is 87.1 Å². The number of aliphatic carboxylic acids is 1. The number of carbonyl (C=O) groups is 2. The third kappa shape index (κ3) is 3.15. The lowest BCUT2D eigenvalue weighted by atomic mass is 9.54. The monoisotopic (exact) mass is 390 g/mol. The van der Waals surface area contributed by atoms with E-state index >= 15 is 0 Å². The molecule has 28 heavy (non-hydrogen) atoms. The van der Waals surface area contributed by atoms with Crippen LogP contribution in [0.3, 0.4) is 0 Å². The number of hydrogen-bond acceptors (Lipinski definition) is 3. The van der Waals surface area contributed by atoms with Crippen LogP contribution in [0.15, 0.2) is 6.07 Å². The molecule has 2 aliphatic rings. The number of nitrogens with zero attached hydrogens (tertiary/aromatic N) is 1. The highest BCUT2D eigenvalue weighted by molar-refractivity contribution is 6.00. The van der Waals surface area contributed by atoms with Gasteiger partial charge in [0.05, 0.1) is 11.7 Å². The third-order valence-corrected chi connectivity index (χ3v) is 7.13. The molecule has 1 amide bonds. The molecule has 2 unspecified atom stereocenters. The second-order valence-electron chi connectivity index (χ2n) is 8.98. The predicted molar refractivity (Wildman–Crippen MR) is 108 cm³/mol. The van der Waals surface area contributed by atoms with Gasteiger partial charge in [-0.05, 0) is 39.7 Å². The molecule has 1 heterocycles. The molecule has 2 saturated carbocycles. The number of rotatable bonds is 6. The van der Waals surface area contributed by atoms with Gasteiger partial charge in [0.25, 0.3) is 5.91 Å². The molecule has 0 aliphatic heterocycles. The summed E-state index contributed by atoms with van der Waals surface area (Å²) in [7, 11) is 0. The molecule has 0 aromatic carbocycles. The number of aryl methyl sites for hydroxylation is 1. The number of nitrogens with one attached hydrogen (secondary N) is 1. The van der Waals surface area contributed by atoms with Crippen molar-refractivity contribution in [3.05, 3.63) is 23.0 Å². The molecule has 6 nitrogen and oxygen atoms in total. The van der Waals surface area contributed by atoms with E-state index in [0.29, 0.717) is 18.2 Å². The molecule has 0 bridgehead atoms. The lowest BCUT2D eigenvalue weighted by Gasteiger charge is -2.58. The summed E-state index contributed by atoms with van der Waals surface area (Å²) >= 11 is 0. The Labute approximate surface area is 167 Å². The van der Waals surface area contributed by atoms with Crippen LogP contribution in [0.2, 0.25) is 0 Å².